The lowest BCUT2D eigenvalue weighted by Gasteiger charge is -2.37. The van der Waals surface area contributed by atoms with Crippen LogP contribution in [-0.2, 0) is 14.8 Å². The second-order valence-corrected chi connectivity index (χ2v) is 8.54. The van der Waals surface area contributed by atoms with Crippen LogP contribution >= 0.6 is 11.3 Å². The Labute approximate surface area is 139 Å². The summed E-state index contributed by atoms with van der Waals surface area (Å²) in [7, 11) is -3.24. The number of rotatable bonds is 6. The first-order chi connectivity index (χ1) is 10.8. The molecule has 0 aromatic carbocycles. The molecule has 1 fully saturated rings. The fourth-order valence-corrected chi connectivity index (χ4v) is 4.48. The first-order valence-corrected chi connectivity index (χ1v) is 9.88. The molecule has 1 aliphatic heterocycles. The number of carboxylic acids is 1. The van der Waals surface area contributed by atoms with Gasteiger partial charge in [-0.2, -0.15) is 0 Å². The van der Waals surface area contributed by atoms with Gasteiger partial charge in [0, 0.05) is 19.1 Å². The molecule has 2 heterocycles. The van der Waals surface area contributed by atoms with E-state index in [-0.39, 0.29) is 24.2 Å². The third-order valence-electron chi connectivity index (χ3n) is 3.92. The van der Waals surface area contributed by atoms with E-state index in [9.17, 15) is 18.0 Å². The average Bonchev–Trinajstić information content (AvgIpc) is 3.06. The van der Waals surface area contributed by atoms with Gasteiger partial charge in [0.15, 0.2) is 0 Å². The summed E-state index contributed by atoms with van der Waals surface area (Å²) in [4.78, 5) is 25.5. The van der Waals surface area contributed by atoms with Crippen LogP contribution in [0.4, 0.5) is 0 Å². The minimum atomic E-state index is -3.24. The second kappa shape index (κ2) is 7.41. The summed E-state index contributed by atoms with van der Waals surface area (Å²) in [6.07, 6.45) is 0.896. The van der Waals surface area contributed by atoms with E-state index in [1.54, 1.807) is 24.4 Å². The lowest BCUT2D eigenvalue weighted by molar-refractivity contribution is -0.138. The molecule has 2 rings (SSSR count). The minimum absolute atomic E-state index is 0.0463. The van der Waals surface area contributed by atoms with Gasteiger partial charge in [-0.15, -0.1) is 11.3 Å². The Balaban J connectivity index is 2.10. The Hall–Kier alpha value is -1.45. The topological polar surface area (TPSA) is 95.0 Å². The van der Waals surface area contributed by atoms with Gasteiger partial charge >= 0.3 is 5.97 Å². The summed E-state index contributed by atoms with van der Waals surface area (Å²) in [6, 6.07) is 3.15. The summed E-state index contributed by atoms with van der Waals surface area (Å²) >= 11 is 1.27. The number of carbonyl (C=O) groups is 2. The number of sulfonamides is 1. The molecule has 0 unspecified atom stereocenters. The van der Waals surface area contributed by atoms with E-state index in [4.69, 9.17) is 5.11 Å². The maximum absolute atomic E-state index is 12.5. The first kappa shape index (κ1) is 17.9. The molecule has 7 nitrogen and oxygen atoms in total. The molecule has 128 valence electrons. The highest BCUT2D eigenvalue weighted by Crippen LogP contribution is 2.22. The second-order valence-electron chi connectivity index (χ2n) is 5.33. The molecule has 1 aliphatic rings. The standard InChI is InChI=1S/C14H20N2O5S2/c1-2-23(20,21)15-7-5-11(6-8-15)16(10-13(17)18)14(19)12-4-3-9-22-12/h3-4,9,11H,2,5-8,10H2,1H3,(H,17,18). The first-order valence-electron chi connectivity index (χ1n) is 7.39. The van der Waals surface area contributed by atoms with E-state index in [1.807, 2.05) is 0 Å². The molecule has 1 aromatic rings. The van der Waals surface area contributed by atoms with E-state index in [0.29, 0.717) is 30.8 Å². The van der Waals surface area contributed by atoms with Crippen LogP contribution < -0.4 is 0 Å². The zero-order valence-corrected chi connectivity index (χ0v) is 14.5. The van der Waals surface area contributed by atoms with Crippen molar-refractivity contribution in [3.63, 3.8) is 0 Å². The van der Waals surface area contributed by atoms with Gasteiger partial charge in [0.05, 0.1) is 10.6 Å². The molecule has 1 amide bonds. The average molecular weight is 360 g/mol. The summed E-state index contributed by atoms with van der Waals surface area (Å²) in [5.74, 6) is -1.33. The number of hydrogen-bond acceptors (Lipinski definition) is 5. The van der Waals surface area contributed by atoms with Crippen LogP contribution in [-0.4, -0.2) is 66.0 Å². The molecule has 1 saturated heterocycles. The Morgan fingerprint density at radius 1 is 1.39 bits per heavy atom. The molecule has 1 aromatic heterocycles. The van der Waals surface area contributed by atoms with E-state index < -0.39 is 16.0 Å². The van der Waals surface area contributed by atoms with E-state index in [0.717, 1.165) is 0 Å². The number of thiophene rings is 1. The van der Waals surface area contributed by atoms with Gasteiger partial charge in [0.1, 0.15) is 6.54 Å². The van der Waals surface area contributed by atoms with Crippen molar-refractivity contribution < 1.29 is 23.1 Å². The molecular formula is C14H20N2O5S2. The lowest BCUT2D eigenvalue weighted by atomic mass is 10.0. The molecule has 9 heteroatoms. The highest BCUT2D eigenvalue weighted by molar-refractivity contribution is 7.89. The Bertz CT molecular complexity index is 649. The Morgan fingerprint density at radius 3 is 2.52 bits per heavy atom. The summed E-state index contributed by atoms with van der Waals surface area (Å²) < 4.78 is 25.2. The van der Waals surface area contributed by atoms with Crippen molar-refractivity contribution in [2.75, 3.05) is 25.4 Å². The molecule has 0 spiro atoms. The third-order valence-corrected chi connectivity index (χ3v) is 6.66. The van der Waals surface area contributed by atoms with Crippen molar-refractivity contribution in [2.24, 2.45) is 0 Å². The normalized spacial score (nSPS) is 17.1. The largest absolute Gasteiger partial charge is 0.480 e. The van der Waals surface area contributed by atoms with Crippen molar-refractivity contribution in [1.29, 1.82) is 0 Å². The molecule has 0 saturated carbocycles. The molecule has 0 aliphatic carbocycles. The van der Waals surface area contributed by atoms with Crippen LogP contribution in [0, 0.1) is 0 Å². The lowest BCUT2D eigenvalue weighted by Crippen LogP contribution is -2.50. The SMILES string of the molecule is CCS(=O)(=O)N1CCC(N(CC(=O)O)C(=O)c2cccs2)CC1. The highest BCUT2D eigenvalue weighted by atomic mass is 32.2. The third kappa shape index (κ3) is 4.30. The van der Waals surface area contributed by atoms with Gasteiger partial charge in [0.2, 0.25) is 10.0 Å². The predicted octanol–water partition coefficient (Wildman–Crippen LogP) is 1.09. The molecule has 0 radical (unpaired) electrons. The summed E-state index contributed by atoms with van der Waals surface area (Å²) in [6.45, 7) is 1.85. The van der Waals surface area contributed by atoms with Gasteiger partial charge in [-0.05, 0) is 31.2 Å². The van der Waals surface area contributed by atoms with Crippen molar-refractivity contribution in [3.05, 3.63) is 22.4 Å². The Kier molecular flexibility index (Phi) is 5.77. The summed E-state index contributed by atoms with van der Waals surface area (Å²) in [5, 5.41) is 10.8. The van der Waals surface area contributed by atoms with Crippen molar-refractivity contribution in [3.8, 4) is 0 Å². The molecule has 23 heavy (non-hydrogen) atoms. The maximum Gasteiger partial charge on any atom is 0.323 e. The number of carboxylic acid groups (broad SMARTS) is 1. The maximum atomic E-state index is 12.5. The zero-order chi connectivity index (χ0) is 17.0. The monoisotopic (exact) mass is 360 g/mol. The predicted molar refractivity (Wildman–Crippen MR) is 87.0 cm³/mol. The molecule has 1 N–H and O–H groups in total. The van der Waals surface area contributed by atoms with Crippen LogP contribution in [0.25, 0.3) is 0 Å². The van der Waals surface area contributed by atoms with E-state index in [1.165, 1.54) is 20.5 Å². The van der Waals surface area contributed by atoms with Crippen molar-refractivity contribution in [2.45, 2.75) is 25.8 Å². The number of carbonyl (C=O) groups excluding carboxylic acids is 1. The fourth-order valence-electron chi connectivity index (χ4n) is 2.67. The van der Waals surface area contributed by atoms with E-state index in [2.05, 4.69) is 0 Å². The van der Waals surface area contributed by atoms with Gasteiger partial charge in [-0.3, -0.25) is 9.59 Å². The van der Waals surface area contributed by atoms with Gasteiger partial charge < -0.3 is 10.0 Å². The van der Waals surface area contributed by atoms with Crippen LogP contribution in [0.5, 0.6) is 0 Å². The van der Waals surface area contributed by atoms with Gasteiger partial charge in [-0.1, -0.05) is 6.07 Å². The molecule has 0 bridgehead atoms. The molecule has 0 atom stereocenters. The van der Waals surface area contributed by atoms with Crippen molar-refractivity contribution in [1.82, 2.24) is 9.21 Å². The smallest absolute Gasteiger partial charge is 0.323 e. The van der Waals surface area contributed by atoms with Crippen LogP contribution in [0.2, 0.25) is 0 Å². The van der Waals surface area contributed by atoms with Crippen LogP contribution in [0.15, 0.2) is 17.5 Å². The number of hydrogen-bond donors (Lipinski definition) is 1. The van der Waals surface area contributed by atoms with Gasteiger partial charge in [-0.25, -0.2) is 12.7 Å². The minimum Gasteiger partial charge on any atom is -0.480 e. The van der Waals surface area contributed by atoms with Gasteiger partial charge in [0.25, 0.3) is 5.91 Å². The molecular weight excluding hydrogens is 340 g/mol. The number of aliphatic carboxylic acids is 1. The quantitative estimate of drug-likeness (QED) is 0.819. The van der Waals surface area contributed by atoms with Crippen LogP contribution in [0.3, 0.4) is 0 Å². The van der Waals surface area contributed by atoms with Crippen molar-refractivity contribution >= 4 is 33.2 Å². The summed E-state index contributed by atoms with van der Waals surface area (Å²) in [5.41, 5.74) is 0. The van der Waals surface area contributed by atoms with Crippen LogP contribution in [0.1, 0.15) is 29.4 Å². The highest BCUT2D eigenvalue weighted by Gasteiger charge is 2.33. The Morgan fingerprint density at radius 2 is 2.04 bits per heavy atom. The number of nitrogens with zero attached hydrogens (tertiary/aromatic N) is 2. The fraction of sp³-hybridized carbons (Fsp3) is 0.571. The zero-order valence-electron chi connectivity index (χ0n) is 12.8. The number of amides is 1. The van der Waals surface area contributed by atoms with E-state index >= 15 is 0 Å². The number of piperidine rings is 1.